The van der Waals surface area contributed by atoms with E-state index in [1.165, 1.54) is 16.7 Å². The first-order valence-corrected chi connectivity index (χ1v) is 10.5. The van der Waals surface area contributed by atoms with Crippen LogP contribution in [0.2, 0.25) is 0 Å². The minimum atomic E-state index is -0.468. The largest absolute Gasteiger partial charge is 0.350 e. The summed E-state index contributed by atoms with van der Waals surface area (Å²) in [5.41, 5.74) is 3.03. The Bertz CT molecular complexity index is 1090. The van der Waals surface area contributed by atoms with Gasteiger partial charge in [-0.1, -0.05) is 36.4 Å². The van der Waals surface area contributed by atoms with Gasteiger partial charge in [0.05, 0.1) is 17.2 Å². The summed E-state index contributed by atoms with van der Waals surface area (Å²) in [6.45, 7) is 2.66. The fourth-order valence-electron chi connectivity index (χ4n) is 4.67. The van der Waals surface area contributed by atoms with Crippen LogP contribution in [0.4, 0.5) is 11.4 Å². The Balaban J connectivity index is 1.70. The molecule has 0 saturated carbocycles. The maximum Gasteiger partial charge on any atom is 0.293 e. The number of nitrogens with zero attached hydrogens (tertiary/aromatic N) is 2. The van der Waals surface area contributed by atoms with Gasteiger partial charge in [0.1, 0.15) is 11.7 Å². The van der Waals surface area contributed by atoms with Crippen LogP contribution in [0.5, 0.6) is 0 Å². The van der Waals surface area contributed by atoms with E-state index in [0.717, 1.165) is 30.5 Å². The van der Waals surface area contributed by atoms with Crippen LogP contribution in [0, 0.1) is 17.0 Å². The Morgan fingerprint density at radius 3 is 2.65 bits per heavy atom. The third-order valence-electron chi connectivity index (χ3n) is 6.12. The highest BCUT2D eigenvalue weighted by molar-refractivity contribution is 5.96. The summed E-state index contributed by atoms with van der Waals surface area (Å²) >= 11 is 0. The quantitative estimate of drug-likeness (QED) is 0.475. The monoisotopic (exact) mass is 419 g/mol. The van der Waals surface area contributed by atoms with Crippen molar-refractivity contribution in [3.05, 3.63) is 93.8 Å². The summed E-state index contributed by atoms with van der Waals surface area (Å²) in [6.07, 6.45) is 4.04. The molecule has 2 N–H and O–H groups in total. The molecule has 2 aromatic carbocycles. The topological polar surface area (TPSA) is 81.6 Å². The van der Waals surface area contributed by atoms with Crippen LogP contribution < -0.4 is 10.2 Å². The minimum absolute atomic E-state index is 0.0874. The molecule has 0 aliphatic carbocycles. The Labute approximate surface area is 181 Å². The molecule has 160 valence electrons. The summed E-state index contributed by atoms with van der Waals surface area (Å²) in [7, 11) is 2.03. The summed E-state index contributed by atoms with van der Waals surface area (Å²) in [6, 6.07) is 18.4. The van der Waals surface area contributed by atoms with E-state index in [-0.39, 0.29) is 23.3 Å². The predicted octanol–water partition coefficient (Wildman–Crippen LogP) is 3.34. The van der Waals surface area contributed by atoms with Gasteiger partial charge in [0.2, 0.25) is 0 Å². The van der Waals surface area contributed by atoms with E-state index in [1.54, 1.807) is 19.1 Å². The number of nitro benzene ring substituents is 1. The van der Waals surface area contributed by atoms with Gasteiger partial charge in [0, 0.05) is 37.7 Å². The molecule has 0 spiro atoms. The number of benzene rings is 2. The summed E-state index contributed by atoms with van der Waals surface area (Å²) in [5.74, 6) is -0.228. The van der Waals surface area contributed by atoms with E-state index in [9.17, 15) is 14.9 Å². The molecule has 0 bridgehead atoms. The molecule has 1 fully saturated rings. The lowest BCUT2D eigenvalue weighted by molar-refractivity contribution is -0.940. The van der Waals surface area contributed by atoms with Gasteiger partial charge in [-0.3, -0.25) is 14.9 Å². The highest BCUT2D eigenvalue weighted by Gasteiger charge is 2.41. The Morgan fingerprint density at radius 2 is 1.97 bits per heavy atom. The van der Waals surface area contributed by atoms with Gasteiger partial charge in [-0.2, -0.15) is 0 Å². The van der Waals surface area contributed by atoms with Crippen molar-refractivity contribution in [2.45, 2.75) is 31.8 Å². The smallest absolute Gasteiger partial charge is 0.293 e. The van der Waals surface area contributed by atoms with Crippen molar-refractivity contribution in [2.24, 2.45) is 7.05 Å². The average Bonchev–Trinajstić information content (AvgIpc) is 3.39. The standard InChI is InChI=1S/C24H26N4O3/c1-17-12-13-19(22(16-17)28(30)31)25-24(29)23(18-8-4-3-5-9-18)27-15-7-11-21(27)20-10-6-14-26(20)2/h3-6,8-10,12-14,16,21,23H,7,11,15H2,1-2H3,(H,25,29)/p+1/t21-,23+/m1/s1. The van der Waals surface area contributed by atoms with E-state index in [2.05, 4.69) is 16.0 Å². The minimum Gasteiger partial charge on any atom is -0.350 e. The van der Waals surface area contributed by atoms with Crippen molar-refractivity contribution < 1.29 is 14.6 Å². The molecule has 1 amide bonds. The van der Waals surface area contributed by atoms with Gasteiger partial charge in [0.15, 0.2) is 6.04 Å². The van der Waals surface area contributed by atoms with Gasteiger partial charge < -0.3 is 14.8 Å². The van der Waals surface area contributed by atoms with E-state index in [0.29, 0.717) is 0 Å². The third kappa shape index (κ3) is 4.22. The lowest BCUT2D eigenvalue weighted by Crippen LogP contribution is -3.11. The van der Waals surface area contributed by atoms with Crippen LogP contribution in [0.3, 0.4) is 0 Å². The number of aryl methyl sites for hydroxylation is 2. The van der Waals surface area contributed by atoms with E-state index in [4.69, 9.17) is 0 Å². The number of carbonyl (C=O) groups excluding carboxylic acids is 1. The lowest BCUT2D eigenvalue weighted by Gasteiger charge is -2.30. The second-order valence-corrected chi connectivity index (χ2v) is 8.17. The highest BCUT2D eigenvalue weighted by atomic mass is 16.6. The van der Waals surface area contributed by atoms with Crippen molar-refractivity contribution in [3.8, 4) is 0 Å². The maximum atomic E-state index is 13.6. The number of anilines is 1. The van der Waals surface area contributed by atoms with Crippen molar-refractivity contribution in [2.75, 3.05) is 11.9 Å². The number of nitrogens with one attached hydrogen (secondary N) is 2. The first kappa shape index (κ1) is 20.8. The number of likely N-dealkylation sites (tertiary alicyclic amines) is 1. The zero-order valence-electron chi connectivity index (χ0n) is 17.7. The normalized spacial score (nSPS) is 19.2. The molecule has 31 heavy (non-hydrogen) atoms. The van der Waals surface area contributed by atoms with E-state index >= 15 is 0 Å². The number of rotatable bonds is 6. The molecule has 1 saturated heterocycles. The second kappa shape index (κ2) is 8.73. The van der Waals surface area contributed by atoms with Crippen LogP contribution in [0.25, 0.3) is 0 Å². The molecular formula is C24H27N4O3+. The molecule has 3 atom stereocenters. The molecule has 7 nitrogen and oxygen atoms in total. The van der Waals surface area contributed by atoms with Crippen LogP contribution in [-0.4, -0.2) is 21.9 Å². The fourth-order valence-corrected chi connectivity index (χ4v) is 4.67. The first-order valence-electron chi connectivity index (χ1n) is 10.5. The van der Waals surface area contributed by atoms with Crippen LogP contribution in [0.1, 0.15) is 41.7 Å². The van der Waals surface area contributed by atoms with Crippen molar-refractivity contribution in [1.82, 2.24) is 4.57 Å². The number of carbonyl (C=O) groups is 1. The summed E-state index contributed by atoms with van der Waals surface area (Å²) < 4.78 is 2.11. The molecule has 4 rings (SSSR count). The SMILES string of the molecule is Cc1ccc(NC(=O)[C@H](c2ccccc2)[NH+]2CCC[C@@H]2c2cccn2C)c([N+](=O)[O-])c1. The number of hydrogen-bond acceptors (Lipinski definition) is 3. The van der Waals surface area contributed by atoms with Crippen LogP contribution >= 0.6 is 0 Å². The molecule has 7 heteroatoms. The number of hydrogen-bond donors (Lipinski definition) is 2. The Hall–Kier alpha value is -3.45. The fraction of sp³-hybridized carbons (Fsp3) is 0.292. The van der Waals surface area contributed by atoms with Crippen LogP contribution in [0.15, 0.2) is 66.9 Å². The highest BCUT2D eigenvalue weighted by Crippen LogP contribution is 2.28. The molecule has 2 heterocycles. The molecule has 1 aliphatic heterocycles. The van der Waals surface area contributed by atoms with Crippen molar-refractivity contribution >= 4 is 17.3 Å². The number of amides is 1. The molecule has 1 aliphatic rings. The van der Waals surface area contributed by atoms with Gasteiger partial charge in [-0.15, -0.1) is 0 Å². The molecule has 3 aromatic rings. The number of nitro groups is 1. The maximum absolute atomic E-state index is 13.6. The van der Waals surface area contributed by atoms with E-state index < -0.39 is 11.0 Å². The van der Waals surface area contributed by atoms with Crippen molar-refractivity contribution in [3.63, 3.8) is 0 Å². The van der Waals surface area contributed by atoms with Gasteiger partial charge in [0.25, 0.3) is 11.6 Å². The second-order valence-electron chi connectivity index (χ2n) is 8.17. The molecule has 1 aromatic heterocycles. The first-order chi connectivity index (χ1) is 15.0. The number of aromatic nitrogens is 1. The van der Waals surface area contributed by atoms with Crippen LogP contribution in [-0.2, 0) is 11.8 Å². The Morgan fingerprint density at radius 1 is 1.19 bits per heavy atom. The zero-order chi connectivity index (χ0) is 22.0. The molecular weight excluding hydrogens is 392 g/mol. The predicted molar refractivity (Wildman–Crippen MR) is 119 cm³/mol. The van der Waals surface area contributed by atoms with Gasteiger partial charge >= 0.3 is 0 Å². The summed E-state index contributed by atoms with van der Waals surface area (Å²) in [5, 5.41) is 14.4. The third-order valence-corrected chi connectivity index (χ3v) is 6.12. The van der Waals surface area contributed by atoms with E-state index in [1.807, 2.05) is 49.6 Å². The van der Waals surface area contributed by atoms with Gasteiger partial charge in [-0.25, -0.2) is 0 Å². The molecule has 1 unspecified atom stereocenters. The van der Waals surface area contributed by atoms with Crippen molar-refractivity contribution in [1.29, 1.82) is 0 Å². The lowest BCUT2D eigenvalue weighted by atomic mass is 10.0. The molecule has 0 radical (unpaired) electrons. The number of quaternary nitrogens is 1. The average molecular weight is 420 g/mol. The zero-order valence-corrected chi connectivity index (χ0v) is 17.7. The Kier molecular flexibility index (Phi) is 5.86. The van der Waals surface area contributed by atoms with Gasteiger partial charge in [-0.05, 0) is 30.7 Å². The summed E-state index contributed by atoms with van der Waals surface area (Å²) in [4.78, 5) is 25.9.